The lowest BCUT2D eigenvalue weighted by Gasteiger charge is -2.25. The van der Waals surface area contributed by atoms with E-state index in [1.54, 1.807) is 26.0 Å². The number of hydrogen-bond donors (Lipinski definition) is 8. The Morgan fingerprint density at radius 2 is 1.37 bits per heavy atom. The van der Waals surface area contributed by atoms with Crippen molar-refractivity contribution in [1.82, 2.24) is 16.0 Å². The number of carboxylic acids is 2. The molecule has 0 heterocycles. The first-order chi connectivity index (χ1) is 17.7. The van der Waals surface area contributed by atoms with Gasteiger partial charge in [0.2, 0.25) is 23.6 Å². The van der Waals surface area contributed by atoms with Gasteiger partial charge in [-0.3, -0.25) is 24.0 Å². The summed E-state index contributed by atoms with van der Waals surface area (Å²) in [4.78, 5) is 72.3. The van der Waals surface area contributed by atoms with E-state index in [0.29, 0.717) is 5.56 Å². The van der Waals surface area contributed by atoms with Crippen molar-refractivity contribution >= 4 is 35.6 Å². The first-order valence-electron chi connectivity index (χ1n) is 11.9. The summed E-state index contributed by atoms with van der Waals surface area (Å²) in [6, 6.07) is 0.590. The number of amides is 4. The van der Waals surface area contributed by atoms with Gasteiger partial charge in [0, 0.05) is 6.42 Å². The highest BCUT2D eigenvalue weighted by molar-refractivity contribution is 5.96. The molecule has 0 saturated carbocycles. The van der Waals surface area contributed by atoms with Gasteiger partial charge in [0.1, 0.15) is 23.9 Å². The molecular weight excluding hydrogens is 502 g/mol. The van der Waals surface area contributed by atoms with E-state index in [9.17, 15) is 39.0 Å². The summed E-state index contributed by atoms with van der Waals surface area (Å²) in [5.74, 6) is -6.30. The van der Waals surface area contributed by atoms with E-state index in [4.69, 9.17) is 16.6 Å². The lowest BCUT2D eigenvalue weighted by atomic mass is 10.0. The molecule has 14 nitrogen and oxygen atoms in total. The van der Waals surface area contributed by atoms with Crippen molar-refractivity contribution in [2.24, 2.45) is 17.4 Å². The number of phenols is 1. The van der Waals surface area contributed by atoms with Gasteiger partial charge in [0.25, 0.3) is 0 Å². The minimum atomic E-state index is -1.51. The van der Waals surface area contributed by atoms with Crippen LogP contribution in [0.1, 0.15) is 45.1 Å². The monoisotopic (exact) mass is 537 g/mol. The number of carbonyl (C=O) groups excluding carboxylic acids is 4. The Morgan fingerprint density at radius 3 is 1.87 bits per heavy atom. The van der Waals surface area contributed by atoms with Crippen molar-refractivity contribution in [3.8, 4) is 5.75 Å². The van der Waals surface area contributed by atoms with Gasteiger partial charge in [0.15, 0.2) is 0 Å². The van der Waals surface area contributed by atoms with Crippen LogP contribution in [0.25, 0.3) is 0 Å². The second-order valence-electron chi connectivity index (χ2n) is 9.23. The van der Waals surface area contributed by atoms with Crippen LogP contribution in [-0.2, 0) is 35.2 Å². The smallest absolute Gasteiger partial charge is 0.326 e. The Balaban J connectivity index is 2.97. The molecule has 0 radical (unpaired) electrons. The second-order valence-corrected chi connectivity index (χ2v) is 9.23. The number of hydrogen-bond acceptors (Lipinski definition) is 8. The first kappa shape index (κ1) is 31.8. The number of rotatable bonds is 16. The van der Waals surface area contributed by atoms with E-state index in [0.717, 1.165) is 0 Å². The predicted octanol–water partition coefficient (Wildman–Crippen LogP) is -1.41. The fourth-order valence-electron chi connectivity index (χ4n) is 3.44. The van der Waals surface area contributed by atoms with Gasteiger partial charge in [-0.2, -0.15) is 0 Å². The van der Waals surface area contributed by atoms with E-state index in [-0.39, 0.29) is 30.9 Å². The fraction of sp³-hybridized carbons (Fsp3) is 0.500. The molecule has 0 spiro atoms. The van der Waals surface area contributed by atoms with E-state index in [2.05, 4.69) is 16.0 Å². The van der Waals surface area contributed by atoms with Crippen LogP contribution in [0.3, 0.4) is 0 Å². The van der Waals surface area contributed by atoms with Crippen LogP contribution in [0.5, 0.6) is 5.75 Å². The third-order valence-corrected chi connectivity index (χ3v) is 5.37. The van der Waals surface area contributed by atoms with Gasteiger partial charge in [-0.15, -0.1) is 0 Å². The van der Waals surface area contributed by atoms with E-state index < -0.39 is 72.6 Å². The van der Waals surface area contributed by atoms with Gasteiger partial charge in [-0.1, -0.05) is 26.0 Å². The molecule has 0 aromatic heterocycles. The van der Waals surface area contributed by atoms with Crippen molar-refractivity contribution < 1.29 is 44.1 Å². The molecular formula is C24H35N5O9. The number of carbonyl (C=O) groups is 6. The highest BCUT2D eigenvalue weighted by Crippen LogP contribution is 2.11. The lowest BCUT2D eigenvalue weighted by Crippen LogP contribution is -2.58. The zero-order chi connectivity index (χ0) is 29.0. The number of nitrogens with one attached hydrogen (secondary N) is 3. The molecule has 4 amide bonds. The molecule has 10 N–H and O–H groups in total. The summed E-state index contributed by atoms with van der Waals surface area (Å²) in [5.41, 5.74) is 11.8. The molecule has 0 fully saturated rings. The highest BCUT2D eigenvalue weighted by atomic mass is 16.4. The van der Waals surface area contributed by atoms with Gasteiger partial charge in [0.05, 0.1) is 12.5 Å². The van der Waals surface area contributed by atoms with Crippen molar-refractivity contribution in [2.45, 2.75) is 70.1 Å². The number of aliphatic carboxylic acids is 2. The van der Waals surface area contributed by atoms with Crippen LogP contribution in [0.2, 0.25) is 0 Å². The number of aromatic hydroxyl groups is 1. The number of carboxylic acid groups (broad SMARTS) is 2. The highest BCUT2D eigenvalue weighted by Gasteiger charge is 2.31. The topological polar surface area (TPSA) is 251 Å². The molecule has 210 valence electrons. The molecule has 4 unspecified atom stereocenters. The van der Waals surface area contributed by atoms with E-state index in [1.165, 1.54) is 12.1 Å². The normalized spacial score (nSPS) is 14.0. The lowest BCUT2D eigenvalue weighted by molar-refractivity contribution is -0.143. The quantitative estimate of drug-likeness (QED) is 0.122. The van der Waals surface area contributed by atoms with Crippen LogP contribution in [0, 0.1) is 5.92 Å². The molecule has 4 atom stereocenters. The zero-order valence-electron chi connectivity index (χ0n) is 21.2. The standard InChI is InChI=1S/C24H35N5O9/c1-12(2)9-17(22(35)27-16(24(37)38)7-8-20(32)33)29-23(36)18(11-19(26)31)28-21(34)15(25)10-13-3-5-14(30)6-4-13/h3-6,12,15-18,30H,7-11,25H2,1-2H3,(H2,26,31)(H,27,35)(H,28,34)(H,29,36)(H,32,33)(H,37,38). The average Bonchev–Trinajstić information content (AvgIpc) is 2.81. The van der Waals surface area contributed by atoms with Gasteiger partial charge in [-0.25, -0.2) is 4.79 Å². The number of primary amides is 1. The van der Waals surface area contributed by atoms with Gasteiger partial charge >= 0.3 is 11.9 Å². The summed E-state index contributed by atoms with van der Waals surface area (Å²) in [6.07, 6.45) is -1.35. The zero-order valence-corrected chi connectivity index (χ0v) is 21.2. The minimum absolute atomic E-state index is 0.0292. The maximum atomic E-state index is 13.0. The Labute approximate surface area is 219 Å². The molecule has 0 aliphatic heterocycles. The van der Waals surface area contributed by atoms with Crippen LogP contribution in [0.4, 0.5) is 0 Å². The number of benzene rings is 1. The molecule has 1 rings (SSSR count). The van der Waals surface area contributed by atoms with Gasteiger partial charge in [-0.05, 0) is 42.9 Å². The number of nitrogens with two attached hydrogens (primary N) is 2. The Hall–Kier alpha value is -4.20. The molecule has 1 aromatic rings. The minimum Gasteiger partial charge on any atom is -0.508 e. The predicted molar refractivity (Wildman–Crippen MR) is 133 cm³/mol. The first-order valence-corrected chi connectivity index (χ1v) is 11.9. The largest absolute Gasteiger partial charge is 0.508 e. The van der Waals surface area contributed by atoms with Crippen LogP contribution in [-0.4, -0.2) is 75.1 Å². The van der Waals surface area contributed by atoms with Crippen LogP contribution < -0.4 is 27.4 Å². The Bertz CT molecular complexity index is 1010. The van der Waals surface area contributed by atoms with Crippen LogP contribution in [0.15, 0.2) is 24.3 Å². The maximum Gasteiger partial charge on any atom is 0.326 e. The number of phenolic OH excluding ortho intramolecular Hbond substituents is 1. The van der Waals surface area contributed by atoms with E-state index >= 15 is 0 Å². The molecule has 0 saturated heterocycles. The van der Waals surface area contributed by atoms with Crippen molar-refractivity contribution in [1.29, 1.82) is 0 Å². The molecule has 0 bridgehead atoms. The Kier molecular flexibility index (Phi) is 12.7. The average molecular weight is 538 g/mol. The Morgan fingerprint density at radius 1 is 0.842 bits per heavy atom. The SMILES string of the molecule is CC(C)CC(NC(=O)C(CC(N)=O)NC(=O)C(N)Cc1ccc(O)cc1)C(=O)NC(CCC(=O)O)C(=O)O. The van der Waals surface area contributed by atoms with E-state index in [1.807, 2.05) is 0 Å². The summed E-state index contributed by atoms with van der Waals surface area (Å²) < 4.78 is 0. The second kappa shape index (κ2) is 15.1. The van der Waals surface area contributed by atoms with Gasteiger partial charge < -0.3 is 42.7 Å². The summed E-state index contributed by atoms with van der Waals surface area (Å²) >= 11 is 0. The molecule has 0 aliphatic rings. The van der Waals surface area contributed by atoms with Crippen molar-refractivity contribution in [2.75, 3.05) is 0 Å². The van der Waals surface area contributed by atoms with Crippen molar-refractivity contribution in [3.05, 3.63) is 29.8 Å². The maximum absolute atomic E-state index is 13.0. The third kappa shape index (κ3) is 11.7. The fourth-order valence-corrected chi connectivity index (χ4v) is 3.44. The summed E-state index contributed by atoms with van der Waals surface area (Å²) in [6.45, 7) is 3.49. The third-order valence-electron chi connectivity index (χ3n) is 5.37. The summed E-state index contributed by atoms with van der Waals surface area (Å²) in [7, 11) is 0. The summed E-state index contributed by atoms with van der Waals surface area (Å²) in [5, 5.41) is 34.5. The van der Waals surface area contributed by atoms with Crippen LogP contribution >= 0.6 is 0 Å². The molecule has 14 heteroatoms. The molecule has 0 aliphatic carbocycles. The van der Waals surface area contributed by atoms with Crippen molar-refractivity contribution in [3.63, 3.8) is 0 Å². The molecule has 1 aromatic carbocycles. The molecule has 38 heavy (non-hydrogen) atoms.